The van der Waals surface area contributed by atoms with Crippen LogP contribution in [0.1, 0.15) is 52.8 Å². The Balaban J connectivity index is 1.58. The van der Waals surface area contributed by atoms with Crippen molar-refractivity contribution in [1.82, 2.24) is 9.55 Å². The van der Waals surface area contributed by atoms with Crippen LogP contribution >= 0.6 is 0 Å². The lowest BCUT2D eigenvalue weighted by Gasteiger charge is -2.18. The van der Waals surface area contributed by atoms with Gasteiger partial charge in [-0.25, -0.2) is 14.6 Å². The summed E-state index contributed by atoms with van der Waals surface area (Å²) in [6.45, 7) is 2.14. The van der Waals surface area contributed by atoms with E-state index >= 15 is 0 Å². The van der Waals surface area contributed by atoms with Crippen LogP contribution < -0.4 is 23.7 Å². The number of unbranched alkanes of at least 4 members (excludes halogenated alkanes) is 1. The van der Waals surface area contributed by atoms with Crippen molar-refractivity contribution in [2.45, 2.75) is 39.2 Å². The molecular weight excluding hydrogens is 580 g/mol. The minimum atomic E-state index is -1.10. The topological polar surface area (TPSA) is 139 Å². The zero-order valence-electron chi connectivity index (χ0n) is 25.2. The molecule has 45 heavy (non-hydrogen) atoms. The van der Waals surface area contributed by atoms with E-state index in [1.54, 1.807) is 61.8 Å². The second-order valence-electron chi connectivity index (χ2n) is 10.3. The van der Waals surface area contributed by atoms with Gasteiger partial charge in [0.1, 0.15) is 29.7 Å². The summed E-state index contributed by atoms with van der Waals surface area (Å²) >= 11 is 0. The second kappa shape index (κ2) is 13.9. The van der Waals surface area contributed by atoms with Crippen LogP contribution in [-0.2, 0) is 24.2 Å². The number of carbonyl (C=O) groups is 2. The number of aliphatic carboxylic acids is 1. The highest BCUT2D eigenvalue weighted by molar-refractivity contribution is 5.93. The summed E-state index contributed by atoms with van der Waals surface area (Å²) in [7, 11) is 3.06. The van der Waals surface area contributed by atoms with Crippen molar-refractivity contribution >= 4 is 18.0 Å². The van der Waals surface area contributed by atoms with Crippen LogP contribution in [0.3, 0.4) is 0 Å². The predicted octanol–water partition coefficient (Wildman–Crippen LogP) is 5.95. The standard InChI is InChI=1S/C34H34N2O9/c1-4-5-10-32-35-18-24(14-23(33(37)38)13-22-15-30-31(45-20-44-30)17-28(22)42-3)36(32)27-12-11-25(41-2)16-29(27)43-19-21-8-6-7-9-26(21)34(39)40/h6-9,11-12,14-18H,4-5,10,13,19-20H2,1-3H3,(H,37,38)(H,39,40)/b23-14+. The van der Waals surface area contributed by atoms with E-state index in [0.29, 0.717) is 57.7 Å². The van der Waals surface area contributed by atoms with Crippen LogP contribution in [0.5, 0.6) is 28.7 Å². The quantitative estimate of drug-likeness (QED) is 0.164. The molecule has 1 aromatic heterocycles. The Kier molecular flexibility index (Phi) is 9.57. The van der Waals surface area contributed by atoms with Crippen molar-refractivity contribution in [1.29, 1.82) is 0 Å². The summed E-state index contributed by atoms with van der Waals surface area (Å²) in [6.07, 6.45) is 5.69. The highest BCUT2D eigenvalue weighted by Gasteiger charge is 2.22. The van der Waals surface area contributed by atoms with Crippen LogP contribution in [0.25, 0.3) is 11.8 Å². The summed E-state index contributed by atoms with van der Waals surface area (Å²) in [5, 5.41) is 19.9. The molecule has 3 aromatic carbocycles. The van der Waals surface area contributed by atoms with Gasteiger partial charge in [-0.1, -0.05) is 31.5 Å². The molecule has 0 bridgehead atoms. The van der Waals surface area contributed by atoms with E-state index in [9.17, 15) is 19.8 Å². The molecule has 11 heteroatoms. The maximum Gasteiger partial charge on any atom is 0.336 e. The number of hydrogen-bond donors (Lipinski definition) is 2. The number of methoxy groups -OCH3 is 2. The predicted molar refractivity (Wildman–Crippen MR) is 165 cm³/mol. The van der Waals surface area contributed by atoms with Gasteiger partial charge in [0.2, 0.25) is 6.79 Å². The Hall–Kier alpha value is -5.45. The average molecular weight is 615 g/mol. The molecule has 2 heterocycles. The number of nitrogens with zero attached hydrogens (tertiary/aromatic N) is 2. The fraction of sp³-hybridized carbons (Fsp3) is 0.265. The molecular formula is C34H34N2O9. The minimum Gasteiger partial charge on any atom is -0.497 e. The van der Waals surface area contributed by atoms with Crippen LogP contribution in [0.2, 0.25) is 0 Å². The van der Waals surface area contributed by atoms with Gasteiger partial charge in [0.05, 0.1) is 37.4 Å². The average Bonchev–Trinajstić information content (AvgIpc) is 3.68. The van der Waals surface area contributed by atoms with Gasteiger partial charge in [-0.05, 0) is 36.8 Å². The zero-order chi connectivity index (χ0) is 31.9. The Labute approximate surface area is 260 Å². The number of ether oxygens (including phenoxy) is 5. The summed E-state index contributed by atoms with van der Waals surface area (Å²) < 4.78 is 30.1. The normalized spacial score (nSPS) is 12.2. The fourth-order valence-corrected chi connectivity index (χ4v) is 5.09. The number of aromatic nitrogens is 2. The van der Waals surface area contributed by atoms with Gasteiger partial charge >= 0.3 is 11.9 Å². The van der Waals surface area contributed by atoms with Crippen molar-refractivity contribution in [2.75, 3.05) is 21.0 Å². The first-order valence-corrected chi connectivity index (χ1v) is 14.4. The molecule has 0 saturated heterocycles. The van der Waals surface area contributed by atoms with Crippen molar-refractivity contribution < 1.29 is 43.5 Å². The lowest BCUT2D eigenvalue weighted by atomic mass is 10.0. The highest BCUT2D eigenvalue weighted by atomic mass is 16.7. The van der Waals surface area contributed by atoms with E-state index < -0.39 is 11.9 Å². The van der Waals surface area contributed by atoms with Crippen molar-refractivity contribution in [3.8, 4) is 34.4 Å². The number of hydrogen-bond acceptors (Lipinski definition) is 8. The Morgan fingerprint density at radius 1 is 0.978 bits per heavy atom. The number of fused-ring (bicyclic) bond motifs is 1. The number of aromatic carboxylic acids is 1. The van der Waals surface area contributed by atoms with Gasteiger partial charge in [0, 0.05) is 41.7 Å². The van der Waals surface area contributed by atoms with Gasteiger partial charge < -0.3 is 33.9 Å². The first-order valence-electron chi connectivity index (χ1n) is 14.4. The zero-order valence-corrected chi connectivity index (χ0v) is 25.2. The third-order valence-corrected chi connectivity index (χ3v) is 7.41. The molecule has 0 saturated carbocycles. The van der Waals surface area contributed by atoms with Crippen LogP contribution in [0.4, 0.5) is 0 Å². The number of benzene rings is 3. The van der Waals surface area contributed by atoms with Gasteiger partial charge in [0.15, 0.2) is 11.5 Å². The number of imidazole rings is 1. The molecule has 1 aliphatic rings. The van der Waals surface area contributed by atoms with Gasteiger partial charge in [0.25, 0.3) is 0 Å². The van der Waals surface area contributed by atoms with Gasteiger partial charge in [-0.3, -0.25) is 4.57 Å². The SMILES string of the molecule is CCCCc1ncc(/C=C(\Cc2cc3c(cc2OC)OCO3)C(=O)O)n1-c1ccc(OC)cc1OCc1ccccc1C(=O)O. The molecule has 0 spiro atoms. The number of carboxylic acid groups (broad SMARTS) is 2. The molecule has 0 amide bonds. The summed E-state index contributed by atoms with van der Waals surface area (Å²) in [6, 6.07) is 15.4. The van der Waals surface area contributed by atoms with Crippen molar-refractivity contribution in [2.24, 2.45) is 0 Å². The maximum absolute atomic E-state index is 12.6. The smallest absolute Gasteiger partial charge is 0.336 e. The van der Waals surface area contributed by atoms with Crippen molar-refractivity contribution in [3.63, 3.8) is 0 Å². The van der Waals surface area contributed by atoms with E-state index in [0.717, 1.165) is 18.7 Å². The molecule has 4 aromatic rings. The molecule has 0 fully saturated rings. The molecule has 0 radical (unpaired) electrons. The maximum atomic E-state index is 12.6. The molecule has 0 unspecified atom stereocenters. The largest absolute Gasteiger partial charge is 0.497 e. The lowest BCUT2D eigenvalue weighted by molar-refractivity contribution is -0.132. The van der Waals surface area contributed by atoms with Crippen LogP contribution in [0.15, 0.2) is 66.4 Å². The molecule has 5 rings (SSSR count). The number of aryl methyl sites for hydroxylation is 1. The Morgan fingerprint density at radius 2 is 1.76 bits per heavy atom. The summed E-state index contributed by atoms with van der Waals surface area (Å²) in [4.78, 5) is 29.0. The Bertz CT molecular complexity index is 1740. The van der Waals surface area contributed by atoms with Gasteiger partial charge in [-0.2, -0.15) is 0 Å². The molecule has 0 atom stereocenters. The third-order valence-electron chi connectivity index (χ3n) is 7.41. The Morgan fingerprint density at radius 3 is 2.47 bits per heavy atom. The monoisotopic (exact) mass is 614 g/mol. The number of carboxylic acids is 2. The second-order valence-corrected chi connectivity index (χ2v) is 10.3. The summed E-state index contributed by atoms with van der Waals surface area (Å²) in [5.41, 5.74) is 2.49. The third kappa shape index (κ3) is 6.87. The van der Waals surface area contributed by atoms with E-state index in [1.807, 2.05) is 10.6 Å². The summed E-state index contributed by atoms with van der Waals surface area (Å²) in [5.74, 6) is 1.05. The van der Waals surface area contributed by atoms with E-state index in [4.69, 9.17) is 23.7 Å². The molecule has 2 N–H and O–H groups in total. The molecule has 1 aliphatic heterocycles. The first kappa shape index (κ1) is 31.0. The molecule has 234 valence electrons. The van der Waals surface area contributed by atoms with Crippen molar-refractivity contribution in [3.05, 3.63) is 94.6 Å². The van der Waals surface area contributed by atoms with E-state index in [2.05, 4.69) is 11.9 Å². The highest BCUT2D eigenvalue weighted by Crippen LogP contribution is 2.39. The first-order chi connectivity index (χ1) is 21.8. The van der Waals surface area contributed by atoms with Crippen LogP contribution in [0, 0.1) is 0 Å². The fourth-order valence-electron chi connectivity index (χ4n) is 5.09. The lowest BCUT2D eigenvalue weighted by Crippen LogP contribution is -2.10. The molecule has 11 nitrogen and oxygen atoms in total. The van der Waals surface area contributed by atoms with Gasteiger partial charge in [-0.15, -0.1) is 0 Å². The van der Waals surface area contributed by atoms with E-state index in [1.165, 1.54) is 13.2 Å². The van der Waals surface area contributed by atoms with Crippen LogP contribution in [-0.4, -0.2) is 52.7 Å². The minimum absolute atomic E-state index is 0.0168. The molecule has 0 aliphatic carbocycles. The number of rotatable bonds is 14. The van der Waals surface area contributed by atoms with E-state index in [-0.39, 0.29) is 31.0 Å².